The van der Waals surface area contributed by atoms with Crippen LogP contribution in [0, 0.1) is 0 Å². The molecule has 0 saturated heterocycles. The van der Waals surface area contributed by atoms with Gasteiger partial charge in [-0.25, -0.2) is 9.59 Å². The Morgan fingerprint density at radius 2 is 1.88 bits per heavy atom. The molecule has 4 rings (SSSR count). The lowest BCUT2D eigenvalue weighted by atomic mass is 9.99. The van der Waals surface area contributed by atoms with Gasteiger partial charge in [-0.3, -0.25) is 14.4 Å². The van der Waals surface area contributed by atoms with E-state index >= 15 is 0 Å². The van der Waals surface area contributed by atoms with E-state index in [1.165, 1.54) is 0 Å². The van der Waals surface area contributed by atoms with E-state index in [0.717, 1.165) is 11.3 Å². The molecule has 2 amide bonds. The monoisotopic (exact) mass is 458 g/mol. The second kappa shape index (κ2) is 8.52. The van der Waals surface area contributed by atoms with Gasteiger partial charge in [0.15, 0.2) is 5.78 Å². The van der Waals surface area contributed by atoms with Gasteiger partial charge in [-0.05, 0) is 11.1 Å². The summed E-state index contributed by atoms with van der Waals surface area (Å²) in [5, 5.41) is 23.2. The lowest BCUT2D eigenvalue weighted by Gasteiger charge is -2.24. The topological polar surface area (TPSA) is 159 Å². The zero-order valence-electron chi connectivity index (χ0n) is 16.5. The molecule has 11 heteroatoms. The smallest absolute Gasteiger partial charge is 0.394 e. The van der Waals surface area contributed by atoms with Crippen molar-refractivity contribution >= 4 is 45.9 Å². The predicted molar refractivity (Wildman–Crippen MR) is 111 cm³/mol. The summed E-state index contributed by atoms with van der Waals surface area (Å²) in [5.74, 6) is -5.32. The molecule has 32 heavy (non-hydrogen) atoms. The van der Waals surface area contributed by atoms with Crippen molar-refractivity contribution in [1.29, 1.82) is 0 Å². The fourth-order valence-corrected chi connectivity index (χ4v) is 5.10. The highest BCUT2D eigenvalue weighted by atomic mass is 32.1. The average molecular weight is 458 g/mol. The molecule has 0 saturated carbocycles. The van der Waals surface area contributed by atoms with Gasteiger partial charge in [-0.2, -0.15) is 0 Å². The van der Waals surface area contributed by atoms with E-state index in [9.17, 15) is 29.1 Å². The zero-order valence-corrected chi connectivity index (χ0v) is 17.4. The molecular formula is C21H18N2O8S. The van der Waals surface area contributed by atoms with Crippen molar-refractivity contribution in [2.24, 2.45) is 0 Å². The molecule has 1 aliphatic heterocycles. The molecule has 1 aliphatic carbocycles. The third kappa shape index (κ3) is 3.99. The maximum atomic E-state index is 12.7. The van der Waals surface area contributed by atoms with Crippen molar-refractivity contribution in [3.8, 4) is 0 Å². The molecule has 0 radical (unpaired) electrons. The summed E-state index contributed by atoms with van der Waals surface area (Å²) in [4.78, 5) is 59.4. The number of ether oxygens (including phenoxy) is 1. The van der Waals surface area contributed by atoms with Crippen LogP contribution in [0.4, 0.5) is 5.00 Å². The maximum Gasteiger partial charge on any atom is 0.394 e. The molecule has 2 unspecified atom stereocenters. The number of aliphatic carboxylic acids is 1. The molecule has 2 atom stereocenters. The third-order valence-corrected chi connectivity index (χ3v) is 6.58. The minimum Gasteiger partial charge on any atom is -0.478 e. The molecule has 0 bridgehead atoms. The van der Waals surface area contributed by atoms with Gasteiger partial charge in [0.05, 0.1) is 24.2 Å². The number of anilines is 1. The SMILES string of the molecule is O=C(O)C(=O)Nc1sc2c(c1C(=O)O)CC(CNC(=O)C1CC(=O)c3ccccc31)OC2. The van der Waals surface area contributed by atoms with Crippen molar-refractivity contribution < 1.29 is 38.9 Å². The van der Waals surface area contributed by atoms with E-state index in [2.05, 4.69) is 10.6 Å². The number of fused-ring (bicyclic) bond motifs is 2. The number of Topliss-reactive ketones (excluding diaryl/α,β-unsaturated/α-hetero) is 1. The third-order valence-electron chi connectivity index (χ3n) is 5.45. The Balaban J connectivity index is 1.45. The number of rotatable bonds is 5. The summed E-state index contributed by atoms with van der Waals surface area (Å²) in [5.41, 5.74) is 1.50. The summed E-state index contributed by atoms with van der Waals surface area (Å²) < 4.78 is 5.72. The number of carboxylic acids is 2. The molecule has 166 valence electrons. The Kier molecular flexibility index (Phi) is 5.76. The second-order valence-electron chi connectivity index (χ2n) is 7.42. The van der Waals surface area contributed by atoms with Crippen LogP contribution in [0.3, 0.4) is 0 Å². The number of hydrogen-bond acceptors (Lipinski definition) is 7. The molecule has 0 fully saturated rings. The van der Waals surface area contributed by atoms with Crippen LogP contribution in [-0.2, 0) is 32.1 Å². The van der Waals surface area contributed by atoms with Crippen molar-refractivity contribution in [2.75, 3.05) is 11.9 Å². The fraction of sp³-hybridized carbons (Fsp3) is 0.286. The Hall–Kier alpha value is -3.57. The van der Waals surface area contributed by atoms with Gasteiger partial charge in [-0.1, -0.05) is 24.3 Å². The number of carbonyl (C=O) groups is 5. The number of carbonyl (C=O) groups excluding carboxylic acids is 3. The van der Waals surface area contributed by atoms with Crippen molar-refractivity contribution in [2.45, 2.75) is 31.5 Å². The molecule has 4 N–H and O–H groups in total. The van der Waals surface area contributed by atoms with Crippen molar-refractivity contribution in [1.82, 2.24) is 5.32 Å². The van der Waals surface area contributed by atoms with Crippen LogP contribution in [0.25, 0.3) is 0 Å². The first-order valence-corrected chi connectivity index (χ1v) is 10.5. The number of aromatic carboxylic acids is 1. The largest absolute Gasteiger partial charge is 0.478 e. The van der Waals surface area contributed by atoms with Crippen molar-refractivity contribution in [3.63, 3.8) is 0 Å². The van der Waals surface area contributed by atoms with Gasteiger partial charge in [0.25, 0.3) is 0 Å². The first-order valence-electron chi connectivity index (χ1n) is 9.69. The van der Waals surface area contributed by atoms with Crippen LogP contribution < -0.4 is 10.6 Å². The Morgan fingerprint density at radius 1 is 1.12 bits per heavy atom. The molecule has 0 spiro atoms. The Bertz CT molecular complexity index is 1150. The highest BCUT2D eigenvalue weighted by Crippen LogP contribution is 2.38. The van der Waals surface area contributed by atoms with Crippen LogP contribution in [0.2, 0.25) is 0 Å². The number of hydrogen-bond donors (Lipinski definition) is 4. The fourth-order valence-electron chi connectivity index (χ4n) is 3.96. The van der Waals surface area contributed by atoms with E-state index in [4.69, 9.17) is 9.84 Å². The zero-order chi connectivity index (χ0) is 23.0. The minimum absolute atomic E-state index is 0.0640. The van der Waals surface area contributed by atoms with Gasteiger partial charge in [0.2, 0.25) is 5.91 Å². The van der Waals surface area contributed by atoms with Crippen LogP contribution in [-0.4, -0.2) is 52.4 Å². The van der Waals surface area contributed by atoms with Crippen LogP contribution in [0.1, 0.15) is 49.1 Å². The normalized spacial score (nSPS) is 19.1. The summed E-state index contributed by atoms with van der Waals surface area (Å²) >= 11 is 0.949. The number of ketones is 1. The standard InChI is InChI=1S/C21H18N2O8S/c24-14-6-12(10-3-1-2-4-11(10)14)17(25)22-7-9-5-13-15(8-31-9)32-19(16(13)20(27)28)23-18(26)21(29)30/h1-4,9,12H,5-8H2,(H,22,25)(H,23,26)(H,27,28)(H,29,30). The van der Waals surface area contributed by atoms with Gasteiger partial charge in [0, 0.05) is 29.8 Å². The highest BCUT2D eigenvalue weighted by Gasteiger charge is 2.35. The predicted octanol–water partition coefficient (Wildman–Crippen LogP) is 1.40. The van der Waals surface area contributed by atoms with Gasteiger partial charge in [-0.15, -0.1) is 11.3 Å². The summed E-state index contributed by atoms with van der Waals surface area (Å²) in [6.07, 6.45) is -0.257. The number of benzene rings is 1. The number of nitrogens with one attached hydrogen (secondary N) is 2. The molecular weight excluding hydrogens is 440 g/mol. The van der Waals surface area contributed by atoms with E-state index in [1.807, 2.05) is 0 Å². The summed E-state index contributed by atoms with van der Waals surface area (Å²) in [6, 6.07) is 6.97. The lowest BCUT2D eigenvalue weighted by Crippen LogP contribution is -2.38. The van der Waals surface area contributed by atoms with Crippen LogP contribution >= 0.6 is 11.3 Å². The second-order valence-corrected chi connectivity index (χ2v) is 8.53. The Morgan fingerprint density at radius 3 is 2.59 bits per heavy atom. The molecule has 2 aromatic rings. The number of amides is 2. The van der Waals surface area contributed by atoms with Crippen LogP contribution in [0.15, 0.2) is 24.3 Å². The molecule has 10 nitrogen and oxygen atoms in total. The van der Waals surface area contributed by atoms with Gasteiger partial charge >= 0.3 is 17.8 Å². The average Bonchev–Trinajstić information content (AvgIpc) is 3.29. The van der Waals surface area contributed by atoms with E-state index in [-0.39, 0.29) is 48.2 Å². The molecule has 1 aromatic carbocycles. The van der Waals surface area contributed by atoms with E-state index in [0.29, 0.717) is 21.6 Å². The lowest BCUT2D eigenvalue weighted by molar-refractivity contribution is -0.147. The maximum absolute atomic E-state index is 12.7. The highest BCUT2D eigenvalue weighted by molar-refractivity contribution is 7.17. The van der Waals surface area contributed by atoms with Gasteiger partial charge in [0.1, 0.15) is 5.00 Å². The molecule has 1 aromatic heterocycles. The first-order chi connectivity index (χ1) is 15.3. The van der Waals surface area contributed by atoms with Gasteiger partial charge < -0.3 is 25.6 Å². The molecule has 2 aliphatic rings. The number of thiophene rings is 1. The first kappa shape index (κ1) is 21.7. The minimum atomic E-state index is -1.73. The van der Waals surface area contributed by atoms with Crippen LogP contribution in [0.5, 0.6) is 0 Å². The summed E-state index contributed by atoms with van der Waals surface area (Å²) in [7, 11) is 0. The quantitative estimate of drug-likeness (QED) is 0.489. The van der Waals surface area contributed by atoms with E-state index < -0.39 is 29.9 Å². The summed E-state index contributed by atoms with van der Waals surface area (Å²) in [6.45, 7) is 0.172. The van der Waals surface area contributed by atoms with E-state index in [1.54, 1.807) is 24.3 Å². The van der Waals surface area contributed by atoms with Crippen molar-refractivity contribution in [3.05, 3.63) is 51.4 Å². The Labute approximate surface area is 185 Å². The number of carboxylic acid groups (broad SMARTS) is 2. The molecule has 2 heterocycles.